The maximum Gasteiger partial charge on any atom is 0.202 e. The molecule has 0 amide bonds. The molecule has 0 fully saturated rings. The number of anilines is 1. The minimum atomic E-state index is 0.724. The van der Waals surface area contributed by atoms with E-state index in [0.717, 1.165) is 40.9 Å². The third-order valence-electron chi connectivity index (χ3n) is 2.27. The summed E-state index contributed by atoms with van der Waals surface area (Å²) < 4.78 is 4.28. The SMILES string of the molecule is CCCc1nsc(NCc2cccc(Cl)c2)n1. The van der Waals surface area contributed by atoms with Crippen LogP contribution in [0.15, 0.2) is 24.3 Å². The predicted molar refractivity (Wildman–Crippen MR) is 72.7 cm³/mol. The van der Waals surface area contributed by atoms with Gasteiger partial charge < -0.3 is 5.32 Å². The van der Waals surface area contributed by atoms with Gasteiger partial charge in [0.05, 0.1) is 0 Å². The molecule has 0 aliphatic carbocycles. The lowest BCUT2D eigenvalue weighted by atomic mass is 10.2. The molecule has 1 N–H and O–H groups in total. The summed E-state index contributed by atoms with van der Waals surface area (Å²) in [4.78, 5) is 4.40. The second kappa shape index (κ2) is 5.98. The highest BCUT2D eigenvalue weighted by Crippen LogP contribution is 2.15. The maximum atomic E-state index is 5.92. The summed E-state index contributed by atoms with van der Waals surface area (Å²) in [7, 11) is 0. The van der Waals surface area contributed by atoms with E-state index in [1.165, 1.54) is 11.5 Å². The Morgan fingerprint density at radius 1 is 1.41 bits per heavy atom. The van der Waals surface area contributed by atoms with E-state index < -0.39 is 0 Å². The van der Waals surface area contributed by atoms with Gasteiger partial charge in [0, 0.05) is 29.5 Å². The Hall–Kier alpha value is -1.13. The number of aromatic nitrogens is 2. The first-order chi connectivity index (χ1) is 8.28. The molecule has 0 saturated heterocycles. The van der Waals surface area contributed by atoms with E-state index in [4.69, 9.17) is 11.6 Å². The summed E-state index contributed by atoms with van der Waals surface area (Å²) in [6.07, 6.45) is 2.01. The minimum absolute atomic E-state index is 0.724. The molecule has 0 bridgehead atoms. The fraction of sp³-hybridized carbons (Fsp3) is 0.333. The summed E-state index contributed by atoms with van der Waals surface area (Å²) in [6.45, 7) is 2.85. The van der Waals surface area contributed by atoms with Crippen LogP contribution < -0.4 is 5.32 Å². The highest BCUT2D eigenvalue weighted by molar-refractivity contribution is 7.09. The molecule has 0 radical (unpaired) electrons. The Kier molecular flexibility index (Phi) is 4.34. The zero-order valence-corrected chi connectivity index (χ0v) is 11.2. The van der Waals surface area contributed by atoms with E-state index in [9.17, 15) is 0 Å². The topological polar surface area (TPSA) is 37.8 Å². The molecular weight excluding hydrogens is 254 g/mol. The van der Waals surface area contributed by atoms with Crippen LogP contribution in [0.2, 0.25) is 5.02 Å². The summed E-state index contributed by atoms with van der Waals surface area (Å²) in [5, 5.41) is 4.88. The Balaban J connectivity index is 1.93. The van der Waals surface area contributed by atoms with E-state index >= 15 is 0 Å². The van der Waals surface area contributed by atoms with Crippen LogP contribution in [0.4, 0.5) is 5.13 Å². The zero-order valence-electron chi connectivity index (χ0n) is 9.61. The largest absolute Gasteiger partial charge is 0.356 e. The average Bonchev–Trinajstić information content (AvgIpc) is 2.75. The molecule has 1 heterocycles. The second-order valence-corrected chi connectivity index (χ2v) is 4.94. The van der Waals surface area contributed by atoms with Crippen LogP contribution in [-0.4, -0.2) is 9.36 Å². The molecular formula is C12H14ClN3S. The number of rotatable bonds is 5. The highest BCUT2D eigenvalue weighted by Gasteiger charge is 2.02. The Bertz CT molecular complexity index is 484. The molecule has 1 aromatic carbocycles. The number of hydrogen-bond donors (Lipinski definition) is 1. The molecule has 0 aliphatic rings. The molecule has 3 nitrogen and oxygen atoms in total. The molecule has 1 aromatic heterocycles. The summed E-state index contributed by atoms with van der Waals surface area (Å²) in [5.74, 6) is 0.922. The van der Waals surface area contributed by atoms with Crippen molar-refractivity contribution in [3.05, 3.63) is 40.7 Å². The van der Waals surface area contributed by atoms with Crippen LogP contribution in [0.1, 0.15) is 24.7 Å². The zero-order chi connectivity index (χ0) is 12.1. The van der Waals surface area contributed by atoms with Crippen molar-refractivity contribution in [2.75, 3.05) is 5.32 Å². The van der Waals surface area contributed by atoms with Crippen molar-refractivity contribution in [2.24, 2.45) is 0 Å². The number of halogens is 1. The van der Waals surface area contributed by atoms with Crippen LogP contribution in [0.3, 0.4) is 0 Å². The van der Waals surface area contributed by atoms with Gasteiger partial charge in [0.15, 0.2) is 0 Å². The molecule has 2 aromatic rings. The van der Waals surface area contributed by atoms with Gasteiger partial charge in [-0.05, 0) is 24.1 Å². The quantitative estimate of drug-likeness (QED) is 0.896. The lowest BCUT2D eigenvalue weighted by Crippen LogP contribution is -1.99. The van der Waals surface area contributed by atoms with Gasteiger partial charge in [-0.1, -0.05) is 30.7 Å². The molecule has 17 heavy (non-hydrogen) atoms. The van der Waals surface area contributed by atoms with Gasteiger partial charge in [0.2, 0.25) is 5.13 Å². The van der Waals surface area contributed by atoms with Crippen molar-refractivity contribution >= 4 is 28.3 Å². The molecule has 5 heteroatoms. The van der Waals surface area contributed by atoms with E-state index in [-0.39, 0.29) is 0 Å². The summed E-state index contributed by atoms with van der Waals surface area (Å²) >= 11 is 7.33. The van der Waals surface area contributed by atoms with Crippen LogP contribution in [0, 0.1) is 0 Å². The maximum absolute atomic E-state index is 5.92. The van der Waals surface area contributed by atoms with Crippen molar-refractivity contribution in [1.82, 2.24) is 9.36 Å². The second-order valence-electron chi connectivity index (χ2n) is 3.75. The fourth-order valence-corrected chi connectivity index (χ4v) is 2.30. The standard InChI is InChI=1S/C12H14ClN3S/c1-2-4-11-15-12(17-16-11)14-8-9-5-3-6-10(13)7-9/h3,5-7H,2,4,8H2,1H3,(H,14,15,16). The van der Waals surface area contributed by atoms with E-state index in [1.807, 2.05) is 24.3 Å². The van der Waals surface area contributed by atoms with Crippen LogP contribution in [0.5, 0.6) is 0 Å². The van der Waals surface area contributed by atoms with Crippen molar-refractivity contribution in [2.45, 2.75) is 26.3 Å². The smallest absolute Gasteiger partial charge is 0.202 e. The molecule has 0 aliphatic heterocycles. The first kappa shape index (κ1) is 12.3. The first-order valence-electron chi connectivity index (χ1n) is 5.59. The Labute approximate surface area is 110 Å². The van der Waals surface area contributed by atoms with Gasteiger partial charge in [-0.25, -0.2) is 4.98 Å². The average molecular weight is 268 g/mol. The van der Waals surface area contributed by atoms with Crippen molar-refractivity contribution in [3.8, 4) is 0 Å². The Morgan fingerprint density at radius 3 is 3.06 bits per heavy atom. The number of nitrogens with one attached hydrogen (secondary N) is 1. The number of aryl methyl sites for hydroxylation is 1. The molecule has 0 spiro atoms. The van der Waals surface area contributed by atoms with Crippen molar-refractivity contribution in [3.63, 3.8) is 0 Å². The lowest BCUT2D eigenvalue weighted by molar-refractivity contribution is 0.861. The van der Waals surface area contributed by atoms with Gasteiger partial charge >= 0.3 is 0 Å². The van der Waals surface area contributed by atoms with Crippen molar-refractivity contribution in [1.29, 1.82) is 0 Å². The molecule has 0 unspecified atom stereocenters. The number of nitrogens with zero attached hydrogens (tertiary/aromatic N) is 2. The minimum Gasteiger partial charge on any atom is -0.356 e. The van der Waals surface area contributed by atoms with Gasteiger partial charge in [0.25, 0.3) is 0 Å². The normalized spacial score (nSPS) is 10.5. The molecule has 90 valence electrons. The lowest BCUT2D eigenvalue weighted by Gasteiger charge is -2.02. The van der Waals surface area contributed by atoms with Gasteiger partial charge in [-0.3, -0.25) is 0 Å². The Morgan fingerprint density at radius 2 is 2.29 bits per heavy atom. The summed E-state index contributed by atoms with van der Waals surface area (Å²) in [5.41, 5.74) is 1.14. The molecule has 2 rings (SSSR count). The van der Waals surface area contributed by atoms with E-state index in [1.54, 1.807) is 0 Å². The number of hydrogen-bond acceptors (Lipinski definition) is 4. The molecule has 0 saturated carbocycles. The van der Waals surface area contributed by atoms with Crippen LogP contribution >= 0.6 is 23.1 Å². The van der Waals surface area contributed by atoms with Gasteiger partial charge in [0.1, 0.15) is 5.82 Å². The third kappa shape index (κ3) is 3.68. The predicted octanol–water partition coefficient (Wildman–Crippen LogP) is 3.76. The van der Waals surface area contributed by atoms with E-state index in [2.05, 4.69) is 21.6 Å². The monoisotopic (exact) mass is 267 g/mol. The third-order valence-corrected chi connectivity index (χ3v) is 3.22. The summed E-state index contributed by atoms with van der Waals surface area (Å²) in [6, 6.07) is 7.80. The van der Waals surface area contributed by atoms with Gasteiger partial charge in [-0.2, -0.15) is 4.37 Å². The van der Waals surface area contributed by atoms with Crippen LogP contribution in [-0.2, 0) is 13.0 Å². The van der Waals surface area contributed by atoms with Crippen LogP contribution in [0.25, 0.3) is 0 Å². The molecule has 0 atom stereocenters. The van der Waals surface area contributed by atoms with E-state index in [0.29, 0.717) is 0 Å². The highest BCUT2D eigenvalue weighted by atomic mass is 35.5. The number of benzene rings is 1. The fourth-order valence-electron chi connectivity index (χ4n) is 1.48. The first-order valence-corrected chi connectivity index (χ1v) is 6.74. The van der Waals surface area contributed by atoms with Gasteiger partial charge in [-0.15, -0.1) is 0 Å². The van der Waals surface area contributed by atoms with Crippen molar-refractivity contribution < 1.29 is 0 Å².